The molecule has 0 bridgehead atoms. The minimum atomic E-state index is -3.07. The van der Waals surface area contributed by atoms with Crippen molar-refractivity contribution in [3.05, 3.63) is 12.4 Å². The summed E-state index contributed by atoms with van der Waals surface area (Å²) in [6, 6.07) is 0.342. The molecular formula is C19H36IN7O2S. The van der Waals surface area contributed by atoms with Gasteiger partial charge in [-0.3, -0.25) is 9.67 Å². The number of hydrogen-bond acceptors (Lipinski definition) is 5. The lowest BCUT2D eigenvalue weighted by Gasteiger charge is -2.34. The van der Waals surface area contributed by atoms with Crippen molar-refractivity contribution >= 4 is 45.6 Å². The summed E-state index contributed by atoms with van der Waals surface area (Å²) in [4.78, 5) is 7.19. The van der Waals surface area contributed by atoms with Crippen LogP contribution in [0.15, 0.2) is 17.4 Å². The van der Waals surface area contributed by atoms with Crippen molar-refractivity contribution in [1.29, 1.82) is 0 Å². The summed E-state index contributed by atoms with van der Waals surface area (Å²) in [7, 11) is -1.13. The van der Waals surface area contributed by atoms with Crippen LogP contribution in [-0.4, -0.2) is 80.0 Å². The number of aliphatic imine (C=N–C) groups is 1. The maximum atomic E-state index is 11.7. The van der Waals surface area contributed by atoms with Gasteiger partial charge in [-0.05, 0) is 38.5 Å². The van der Waals surface area contributed by atoms with E-state index in [9.17, 15) is 8.42 Å². The molecule has 3 rings (SSSR count). The molecule has 0 radical (unpaired) electrons. The third-order valence-electron chi connectivity index (χ3n) is 5.71. The smallest absolute Gasteiger partial charge is 0.211 e. The van der Waals surface area contributed by atoms with Gasteiger partial charge in [0.25, 0.3) is 0 Å². The molecule has 0 saturated carbocycles. The highest BCUT2D eigenvalue weighted by Crippen LogP contribution is 2.20. The lowest BCUT2D eigenvalue weighted by Crippen LogP contribution is -2.51. The summed E-state index contributed by atoms with van der Waals surface area (Å²) in [6.07, 6.45) is 9.26. The molecule has 1 atom stereocenters. The number of sulfonamides is 1. The second-order valence-corrected chi connectivity index (χ2v) is 10.1. The molecule has 1 aromatic heterocycles. The summed E-state index contributed by atoms with van der Waals surface area (Å²) in [6.45, 7) is 6.81. The van der Waals surface area contributed by atoms with E-state index in [1.165, 1.54) is 11.9 Å². The quantitative estimate of drug-likeness (QED) is 0.313. The molecule has 2 fully saturated rings. The summed E-state index contributed by atoms with van der Waals surface area (Å²) >= 11 is 0. The molecule has 0 aliphatic carbocycles. The predicted molar refractivity (Wildman–Crippen MR) is 132 cm³/mol. The summed E-state index contributed by atoms with van der Waals surface area (Å²) in [5, 5.41) is 11.2. The van der Waals surface area contributed by atoms with Gasteiger partial charge in [0.05, 0.1) is 18.1 Å². The van der Waals surface area contributed by atoms with Crippen LogP contribution in [0.1, 0.15) is 32.6 Å². The number of aromatic nitrogens is 2. The van der Waals surface area contributed by atoms with Crippen LogP contribution >= 0.6 is 24.0 Å². The topological polar surface area (TPSA) is 94.9 Å². The molecule has 0 aromatic carbocycles. The lowest BCUT2D eigenvalue weighted by molar-refractivity contribution is 0.280. The molecule has 9 nitrogen and oxygen atoms in total. The minimum Gasteiger partial charge on any atom is -0.367 e. The maximum absolute atomic E-state index is 11.7. The molecule has 2 aliphatic rings. The van der Waals surface area contributed by atoms with Gasteiger partial charge in [0.2, 0.25) is 10.0 Å². The van der Waals surface area contributed by atoms with Crippen molar-refractivity contribution < 1.29 is 8.42 Å². The zero-order valence-corrected chi connectivity index (χ0v) is 21.4. The highest BCUT2D eigenvalue weighted by atomic mass is 127. The van der Waals surface area contributed by atoms with Gasteiger partial charge in [-0.2, -0.15) is 5.10 Å². The largest absolute Gasteiger partial charge is 0.367 e. The van der Waals surface area contributed by atoms with E-state index < -0.39 is 10.0 Å². The summed E-state index contributed by atoms with van der Waals surface area (Å²) in [5.74, 6) is 1.29. The zero-order chi connectivity index (χ0) is 20.9. The molecular weight excluding hydrogens is 517 g/mol. The van der Waals surface area contributed by atoms with Crippen LogP contribution in [0, 0.1) is 5.92 Å². The normalized spacial score (nSPS) is 21.9. The molecule has 11 heteroatoms. The fourth-order valence-electron chi connectivity index (χ4n) is 4.06. The SMILES string of the molecule is CCNC(=NCC1CCN(S(C)(=O)=O)CC1)NC1CCCN(c2cnn(C)c2)C1.I. The van der Waals surface area contributed by atoms with E-state index in [1.54, 1.807) is 4.31 Å². The summed E-state index contributed by atoms with van der Waals surface area (Å²) in [5.41, 5.74) is 1.17. The van der Waals surface area contributed by atoms with Crippen molar-refractivity contribution in [2.24, 2.45) is 18.0 Å². The van der Waals surface area contributed by atoms with Crippen LogP contribution in [0.5, 0.6) is 0 Å². The number of piperidine rings is 2. The average Bonchev–Trinajstić information content (AvgIpc) is 3.13. The van der Waals surface area contributed by atoms with Crippen LogP contribution in [-0.2, 0) is 17.1 Å². The number of anilines is 1. The molecule has 0 amide bonds. The Morgan fingerprint density at radius 3 is 2.60 bits per heavy atom. The van der Waals surface area contributed by atoms with E-state index >= 15 is 0 Å². The van der Waals surface area contributed by atoms with E-state index in [4.69, 9.17) is 4.99 Å². The molecule has 172 valence electrons. The highest BCUT2D eigenvalue weighted by molar-refractivity contribution is 14.0. The minimum absolute atomic E-state index is 0. The number of guanidine groups is 1. The van der Waals surface area contributed by atoms with Crippen LogP contribution in [0.2, 0.25) is 0 Å². The number of rotatable bonds is 6. The fourth-order valence-corrected chi connectivity index (χ4v) is 4.93. The Morgan fingerprint density at radius 2 is 2.00 bits per heavy atom. The van der Waals surface area contributed by atoms with Gasteiger partial charge in [-0.1, -0.05) is 0 Å². The Morgan fingerprint density at radius 1 is 1.27 bits per heavy atom. The Balaban J connectivity index is 0.00000320. The molecule has 3 heterocycles. The average molecular weight is 554 g/mol. The second-order valence-electron chi connectivity index (χ2n) is 8.13. The van der Waals surface area contributed by atoms with Gasteiger partial charge >= 0.3 is 0 Å². The van der Waals surface area contributed by atoms with E-state index in [-0.39, 0.29) is 24.0 Å². The molecule has 2 N–H and O–H groups in total. The predicted octanol–water partition coefficient (Wildman–Crippen LogP) is 1.23. The van der Waals surface area contributed by atoms with Gasteiger partial charge < -0.3 is 15.5 Å². The molecule has 2 saturated heterocycles. The Bertz CT molecular complexity index is 791. The number of halogens is 1. The van der Waals surface area contributed by atoms with Gasteiger partial charge in [0.15, 0.2) is 5.96 Å². The van der Waals surface area contributed by atoms with Crippen molar-refractivity contribution in [1.82, 2.24) is 24.7 Å². The fraction of sp³-hybridized carbons (Fsp3) is 0.789. The third-order valence-corrected chi connectivity index (χ3v) is 7.02. The lowest BCUT2D eigenvalue weighted by atomic mass is 9.98. The van der Waals surface area contributed by atoms with Gasteiger partial charge in [0, 0.05) is 58.6 Å². The van der Waals surface area contributed by atoms with Crippen LogP contribution in [0.25, 0.3) is 0 Å². The third kappa shape index (κ3) is 7.26. The first-order chi connectivity index (χ1) is 13.8. The first-order valence-electron chi connectivity index (χ1n) is 10.6. The van der Waals surface area contributed by atoms with E-state index in [0.29, 0.717) is 25.0 Å². The maximum Gasteiger partial charge on any atom is 0.211 e. The van der Waals surface area contributed by atoms with Crippen LogP contribution in [0.3, 0.4) is 0 Å². The molecule has 30 heavy (non-hydrogen) atoms. The number of aryl methyl sites for hydroxylation is 1. The monoisotopic (exact) mass is 553 g/mol. The van der Waals surface area contributed by atoms with Crippen molar-refractivity contribution in [3.63, 3.8) is 0 Å². The van der Waals surface area contributed by atoms with Crippen LogP contribution < -0.4 is 15.5 Å². The van der Waals surface area contributed by atoms with E-state index in [0.717, 1.165) is 57.8 Å². The highest BCUT2D eigenvalue weighted by Gasteiger charge is 2.25. The zero-order valence-electron chi connectivity index (χ0n) is 18.2. The summed E-state index contributed by atoms with van der Waals surface area (Å²) < 4.78 is 26.7. The van der Waals surface area contributed by atoms with E-state index in [1.807, 2.05) is 17.9 Å². The van der Waals surface area contributed by atoms with E-state index in [2.05, 4.69) is 33.8 Å². The molecule has 1 aromatic rings. The van der Waals surface area contributed by atoms with Gasteiger partial charge in [0.1, 0.15) is 0 Å². The Kier molecular flexibility index (Phi) is 9.67. The first kappa shape index (κ1) is 25.2. The van der Waals surface area contributed by atoms with Crippen LogP contribution in [0.4, 0.5) is 5.69 Å². The van der Waals surface area contributed by atoms with Gasteiger partial charge in [-0.15, -0.1) is 24.0 Å². The standard InChI is InChI=1S/C19H35N7O2S.HI/c1-4-20-19(21-12-16-7-10-26(11-8-16)29(3,27)28)23-17-6-5-9-25(14-17)18-13-22-24(2)15-18;/h13,15-17H,4-12,14H2,1-3H3,(H2,20,21,23);1H. The number of hydrogen-bond donors (Lipinski definition) is 2. The number of nitrogens with zero attached hydrogens (tertiary/aromatic N) is 5. The van der Waals surface area contributed by atoms with Crippen molar-refractivity contribution in [3.8, 4) is 0 Å². The number of nitrogens with one attached hydrogen (secondary N) is 2. The van der Waals surface area contributed by atoms with Crippen molar-refractivity contribution in [2.45, 2.75) is 38.6 Å². The van der Waals surface area contributed by atoms with Crippen molar-refractivity contribution in [2.75, 3.05) is 50.4 Å². The van der Waals surface area contributed by atoms with Gasteiger partial charge in [-0.25, -0.2) is 12.7 Å². The second kappa shape index (κ2) is 11.5. The Labute approximate surface area is 197 Å². The molecule has 1 unspecified atom stereocenters. The Hall–Kier alpha value is -1.08. The molecule has 0 spiro atoms. The molecule has 2 aliphatic heterocycles. The first-order valence-corrected chi connectivity index (χ1v) is 12.4.